The van der Waals surface area contributed by atoms with Crippen molar-refractivity contribution in [1.29, 1.82) is 0 Å². The van der Waals surface area contributed by atoms with Gasteiger partial charge in [-0.25, -0.2) is 0 Å². The van der Waals surface area contributed by atoms with Gasteiger partial charge < -0.3 is 28.2 Å². The van der Waals surface area contributed by atoms with Crippen LogP contribution in [-0.4, -0.2) is 67.8 Å². The molecule has 0 aromatic heterocycles. The quantitative estimate of drug-likeness (QED) is 0.341. The summed E-state index contributed by atoms with van der Waals surface area (Å²) in [6.07, 6.45) is 0.811. The maximum absolute atomic E-state index is 5.45. The SMILES string of the molecule is CCOCCCOB(OCCOC)OCCOC. The molecule has 0 amide bonds. The van der Waals surface area contributed by atoms with Crippen molar-refractivity contribution in [2.75, 3.05) is 60.5 Å². The largest absolute Gasteiger partial charge is 0.639 e. The van der Waals surface area contributed by atoms with Gasteiger partial charge in [0.15, 0.2) is 0 Å². The Kier molecular flexibility index (Phi) is 14.7. The normalized spacial score (nSPS) is 10.8. The molecule has 0 atom stereocenters. The van der Waals surface area contributed by atoms with E-state index in [4.69, 9.17) is 28.2 Å². The van der Waals surface area contributed by atoms with E-state index in [0.717, 1.165) is 13.0 Å². The van der Waals surface area contributed by atoms with Gasteiger partial charge in [-0.2, -0.15) is 0 Å². The third-order valence-corrected chi connectivity index (χ3v) is 1.97. The van der Waals surface area contributed by atoms with Crippen LogP contribution in [-0.2, 0) is 28.2 Å². The minimum Gasteiger partial charge on any atom is -0.386 e. The van der Waals surface area contributed by atoms with Gasteiger partial charge in [0.2, 0.25) is 0 Å². The first-order valence-corrected chi connectivity index (χ1v) is 6.25. The number of ether oxygens (including phenoxy) is 3. The van der Waals surface area contributed by atoms with E-state index in [1.165, 1.54) is 0 Å². The van der Waals surface area contributed by atoms with Crippen molar-refractivity contribution in [3.63, 3.8) is 0 Å². The standard InChI is InChI=1S/C11H25BO6/c1-4-15-6-5-7-16-12(17-10-8-13-2)18-11-9-14-3/h4-11H2,1-3H3. The average molecular weight is 264 g/mol. The van der Waals surface area contributed by atoms with Gasteiger partial charge in [0.1, 0.15) is 0 Å². The molecule has 0 spiro atoms. The molecule has 7 heteroatoms. The second-order valence-corrected chi connectivity index (χ2v) is 3.44. The Balaban J connectivity index is 3.60. The Labute approximate surface area is 110 Å². The lowest BCUT2D eigenvalue weighted by Gasteiger charge is -2.14. The van der Waals surface area contributed by atoms with Crippen molar-refractivity contribution in [2.24, 2.45) is 0 Å². The van der Waals surface area contributed by atoms with E-state index >= 15 is 0 Å². The number of hydrogen-bond donors (Lipinski definition) is 0. The molecule has 0 aromatic carbocycles. The van der Waals surface area contributed by atoms with E-state index < -0.39 is 7.32 Å². The topological polar surface area (TPSA) is 55.4 Å². The first-order valence-electron chi connectivity index (χ1n) is 6.25. The zero-order valence-corrected chi connectivity index (χ0v) is 11.7. The third kappa shape index (κ3) is 12.3. The molecule has 0 N–H and O–H groups in total. The fourth-order valence-corrected chi connectivity index (χ4v) is 1.08. The molecule has 0 saturated carbocycles. The third-order valence-electron chi connectivity index (χ3n) is 1.97. The fraction of sp³-hybridized carbons (Fsp3) is 1.00. The highest BCUT2D eigenvalue weighted by Crippen LogP contribution is 1.95. The van der Waals surface area contributed by atoms with E-state index in [0.29, 0.717) is 39.6 Å². The van der Waals surface area contributed by atoms with Gasteiger partial charge in [0.05, 0.1) is 26.4 Å². The van der Waals surface area contributed by atoms with Crippen molar-refractivity contribution in [2.45, 2.75) is 13.3 Å². The fourth-order valence-electron chi connectivity index (χ4n) is 1.08. The monoisotopic (exact) mass is 264 g/mol. The molecule has 6 nitrogen and oxygen atoms in total. The summed E-state index contributed by atoms with van der Waals surface area (Å²) in [5.41, 5.74) is 0. The highest BCUT2D eigenvalue weighted by Gasteiger charge is 2.20. The van der Waals surface area contributed by atoms with Crippen molar-refractivity contribution >= 4 is 7.32 Å². The molecule has 0 saturated heterocycles. The zero-order valence-electron chi connectivity index (χ0n) is 11.7. The molecule has 0 aliphatic rings. The van der Waals surface area contributed by atoms with Gasteiger partial charge in [0, 0.05) is 34.0 Å². The van der Waals surface area contributed by atoms with Crippen LogP contribution in [0.3, 0.4) is 0 Å². The molecule has 0 aliphatic heterocycles. The summed E-state index contributed by atoms with van der Waals surface area (Å²) in [4.78, 5) is 0. The second-order valence-electron chi connectivity index (χ2n) is 3.44. The lowest BCUT2D eigenvalue weighted by molar-refractivity contribution is 0.0447. The molecule has 0 heterocycles. The predicted molar refractivity (Wildman–Crippen MR) is 68.5 cm³/mol. The Morgan fingerprint density at radius 1 is 0.722 bits per heavy atom. The molecule has 0 rings (SSSR count). The van der Waals surface area contributed by atoms with E-state index in [-0.39, 0.29) is 0 Å². The van der Waals surface area contributed by atoms with Gasteiger partial charge in [-0.05, 0) is 13.3 Å². The van der Waals surface area contributed by atoms with E-state index in [1.807, 2.05) is 6.92 Å². The lowest BCUT2D eigenvalue weighted by atomic mass is 10.2. The van der Waals surface area contributed by atoms with Crippen molar-refractivity contribution in [3.8, 4) is 0 Å². The summed E-state index contributed by atoms with van der Waals surface area (Å²) in [6.45, 7) is 5.77. The molecule has 18 heavy (non-hydrogen) atoms. The summed E-state index contributed by atoms with van der Waals surface area (Å²) < 4.78 is 31.2. The van der Waals surface area contributed by atoms with Crippen LogP contribution < -0.4 is 0 Å². The summed E-state index contributed by atoms with van der Waals surface area (Å²) in [6, 6.07) is 0. The minimum atomic E-state index is -0.670. The van der Waals surface area contributed by atoms with Crippen LogP contribution in [0.25, 0.3) is 0 Å². The van der Waals surface area contributed by atoms with Gasteiger partial charge in [-0.3, -0.25) is 0 Å². The van der Waals surface area contributed by atoms with Crippen LogP contribution in [0.2, 0.25) is 0 Å². The Morgan fingerprint density at radius 3 is 1.78 bits per heavy atom. The molecule has 0 radical (unpaired) electrons. The number of hydrogen-bond acceptors (Lipinski definition) is 6. The van der Waals surface area contributed by atoms with Crippen molar-refractivity contribution in [3.05, 3.63) is 0 Å². The summed E-state index contributed by atoms with van der Waals surface area (Å²) >= 11 is 0. The Bertz CT molecular complexity index is 150. The molecule has 0 aliphatic carbocycles. The van der Waals surface area contributed by atoms with Gasteiger partial charge in [-0.1, -0.05) is 0 Å². The average Bonchev–Trinajstić information content (AvgIpc) is 2.38. The number of rotatable bonds is 14. The maximum atomic E-state index is 5.45. The Morgan fingerprint density at radius 2 is 1.28 bits per heavy atom. The van der Waals surface area contributed by atoms with Crippen LogP contribution in [0.15, 0.2) is 0 Å². The van der Waals surface area contributed by atoms with Gasteiger partial charge in [-0.15, -0.1) is 0 Å². The zero-order chi connectivity index (χ0) is 13.5. The van der Waals surface area contributed by atoms with E-state index in [9.17, 15) is 0 Å². The van der Waals surface area contributed by atoms with Gasteiger partial charge in [0.25, 0.3) is 0 Å². The highest BCUT2D eigenvalue weighted by atomic mass is 16.7. The van der Waals surface area contributed by atoms with Crippen LogP contribution in [0.5, 0.6) is 0 Å². The van der Waals surface area contributed by atoms with Crippen molar-refractivity contribution in [1.82, 2.24) is 0 Å². The summed E-state index contributed by atoms with van der Waals surface area (Å²) in [5, 5.41) is 0. The predicted octanol–water partition coefficient (Wildman–Crippen LogP) is 0.741. The molecular weight excluding hydrogens is 239 g/mol. The van der Waals surface area contributed by atoms with Crippen molar-refractivity contribution < 1.29 is 28.2 Å². The molecule has 0 fully saturated rings. The van der Waals surface area contributed by atoms with Crippen LogP contribution >= 0.6 is 0 Å². The maximum Gasteiger partial charge on any atom is 0.639 e. The van der Waals surface area contributed by atoms with Crippen LogP contribution in [0, 0.1) is 0 Å². The molecule has 0 bridgehead atoms. The van der Waals surface area contributed by atoms with E-state index in [1.54, 1.807) is 14.2 Å². The second kappa shape index (κ2) is 14.9. The summed E-state index contributed by atoms with van der Waals surface area (Å²) in [5.74, 6) is 0. The highest BCUT2D eigenvalue weighted by molar-refractivity contribution is 6.36. The molecule has 0 aromatic rings. The molecule has 108 valence electrons. The minimum absolute atomic E-state index is 0.430. The first-order chi connectivity index (χ1) is 8.85. The summed E-state index contributed by atoms with van der Waals surface area (Å²) in [7, 11) is 2.57. The molecule has 0 unspecified atom stereocenters. The first kappa shape index (κ1) is 17.8. The number of methoxy groups -OCH3 is 2. The lowest BCUT2D eigenvalue weighted by Crippen LogP contribution is -2.30. The smallest absolute Gasteiger partial charge is 0.386 e. The van der Waals surface area contributed by atoms with E-state index in [2.05, 4.69) is 0 Å². The van der Waals surface area contributed by atoms with Gasteiger partial charge >= 0.3 is 7.32 Å². The Hall–Kier alpha value is -0.175. The van der Waals surface area contributed by atoms with Crippen LogP contribution in [0.4, 0.5) is 0 Å². The van der Waals surface area contributed by atoms with Crippen LogP contribution in [0.1, 0.15) is 13.3 Å². The molecular formula is C11H25BO6.